The van der Waals surface area contributed by atoms with Crippen molar-refractivity contribution in [3.05, 3.63) is 64.5 Å². The van der Waals surface area contributed by atoms with Gasteiger partial charge in [0.2, 0.25) is 11.8 Å². The maximum atomic E-state index is 12.4. The van der Waals surface area contributed by atoms with Gasteiger partial charge >= 0.3 is 0 Å². The number of para-hydroxylation sites is 2. The summed E-state index contributed by atoms with van der Waals surface area (Å²) in [7, 11) is 3.23. The van der Waals surface area contributed by atoms with Crippen LogP contribution in [0, 0.1) is 10.1 Å². The minimum atomic E-state index is -0.510. The van der Waals surface area contributed by atoms with Gasteiger partial charge in [0.1, 0.15) is 11.6 Å². The summed E-state index contributed by atoms with van der Waals surface area (Å²) in [6.07, 6.45) is -0.00288. The first-order chi connectivity index (χ1) is 15.4. The molecular formula is C20H20N6O5S. The number of hydrogen-bond donors (Lipinski definition) is 2. The Labute approximate surface area is 187 Å². The number of benzene rings is 2. The fourth-order valence-electron chi connectivity index (χ4n) is 2.70. The van der Waals surface area contributed by atoms with Gasteiger partial charge in [-0.2, -0.15) is 0 Å². The topological polar surface area (TPSA) is 141 Å². The molecule has 2 N–H and O–H groups in total. The van der Waals surface area contributed by atoms with Gasteiger partial charge < -0.3 is 19.9 Å². The fraction of sp³-hybridized carbons (Fsp3) is 0.200. The molecule has 0 aliphatic heterocycles. The summed E-state index contributed by atoms with van der Waals surface area (Å²) < 4.78 is 6.86. The summed E-state index contributed by atoms with van der Waals surface area (Å²) in [5.74, 6) is 0.459. The van der Waals surface area contributed by atoms with Gasteiger partial charge in [-0.05, 0) is 24.3 Å². The number of thioether (sulfide) groups is 1. The summed E-state index contributed by atoms with van der Waals surface area (Å²) in [5, 5.41) is 24.7. The average Bonchev–Trinajstić information content (AvgIpc) is 3.12. The smallest absolute Gasteiger partial charge is 0.269 e. The van der Waals surface area contributed by atoms with Crippen LogP contribution >= 0.6 is 11.8 Å². The highest BCUT2D eigenvalue weighted by Gasteiger charge is 2.16. The van der Waals surface area contributed by atoms with Gasteiger partial charge in [0, 0.05) is 24.9 Å². The number of rotatable bonds is 9. The van der Waals surface area contributed by atoms with Crippen LogP contribution in [0.15, 0.2) is 53.7 Å². The van der Waals surface area contributed by atoms with Crippen molar-refractivity contribution < 1.29 is 19.2 Å². The minimum Gasteiger partial charge on any atom is -0.495 e. The molecule has 0 aliphatic carbocycles. The minimum absolute atomic E-state index is 0.00288. The second kappa shape index (κ2) is 10.4. The zero-order valence-corrected chi connectivity index (χ0v) is 18.1. The van der Waals surface area contributed by atoms with E-state index in [1.807, 2.05) is 0 Å². The number of methoxy groups -OCH3 is 1. The van der Waals surface area contributed by atoms with Crippen molar-refractivity contribution in [2.24, 2.45) is 7.05 Å². The third-order valence-corrected chi connectivity index (χ3v) is 5.34. The van der Waals surface area contributed by atoms with Crippen molar-refractivity contribution in [3.63, 3.8) is 0 Å². The molecule has 2 aromatic carbocycles. The van der Waals surface area contributed by atoms with E-state index in [-0.39, 0.29) is 29.7 Å². The molecule has 0 saturated heterocycles. The number of nitro groups is 1. The molecule has 1 heterocycles. The van der Waals surface area contributed by atoms with Crippen molar-refractivity contribution in [2.45, 2.75) is 11.6 Å². The van der Waals surface area contributed by atoms with Gasteiger partial charge in [0.05, 0.1) is 29.9 Å². The molecule has 0 aliphatic rings. The van der Waals surface area contributed by atoms with Crippen LogP contribution in [0.25, 0.3) is 0 Å². The molecule has 166 valence electrons. The molecule has 0 atom stereocenters. The number of nitrogens with one attached hydrogen (secondary N) is 2. The van der Waals surface area contributed by atoms with Gasteiger partial charge in [0.15, 0.2) is 5.16 Å². The van der Waals surface area contributed by atoms with Gasteiger partial charge in [-0.3, -0.25) is 19.7 Å². The van der Waals surface area contributed by atoms with Gasteiger partial charge in [-0.1, -0.05) is 23.9 Å². The lowest BCUT2D eigenvalue weighted by Gasteiger charge is -2.09. The Morgan fingerprint density at radius 3 is 2.50 bits per heavy atom. The Kier molecular flexibility index (Phi) is 7.39. The van der Waals surface area contributed by atoms with Crippen LogP contribution in [-0.2, 0) is 23.1 Å². The standard InChI is InChI=1S/C20H20N6O5S/c1-25-17(11-18(27)22-15-5-3-4-6-16(15)31-2)23-24-20(25)32-12-19(28)21-13-7-9-14(10-8-13)26(29)30/h3-10H,11-12H2,1-2H3,(H,21,28)(H,22,27). The van der Waals surface area contributed by atoms with E-state index in [4.69, 9.17) is 4.74 Å². The molecule has 0 saturated carbocycles. The van der Waals surface area contributed by atoms with Crippen LogP contribution in [0.5, 0.6) is 5.75 Å². The molecule has 3 rings (SSSR count). The fourth-order valence-corrected chi connectivity index (χ4v) is 3.43. The molecule has 0 unspecified atom stereocenters. The van der Waals surface area contributed by atoms with E-state index < -0.39 is 4.92 Å². The molecule has 0 bridgehead atoms. The SMILES string of the molecule is COc1ccccc1NC(=O)Cc1nnc(SCC(=O)Nc2ccc([N+](=O)[O-])cc2)n1C. The highest BCUT2D eigenvalue weighted by molar-refractivity contribution is 7.99. The Balaban J connectivity index is 1.53. The molecule has 0 fully saturated rings. The number of ether oxygens (including phenoxy) is 1. The quantitative estimate of drug-likeness (QED) is 0.284. The lowest BCUT2D eigenvalue weighted by atomic mass is 10.2. The number of carbonyl (C=O) groups excluding carboxylic acids is 2. The molecule has 1 aromatic heterocycles. The third kappa shape index (κ3) is 5.82. The second-order valence-electron chi connectivity index (χ2n) is 6.52. The van der Waals surface area contributed by atoms with Crippen LogP contribution in [-0.4, -0.2) is 44.4 Å². The normalized spacial score (nSPS) is 10.4. The van der Waals surface area contributed by atoms with Crippen LogP contribution in [0.3, 0.4) is 0 Å². The number of non-ortho nitro benzene ring substituents is 1. The number of aromatic nitrogens is 3. The monoisotopic (exact) mass is 456 g/mol. The van der Waals surface area contributed by atoms with E-state index in [2.05, 4.69) is 20.8 Å². The number of anilines is 2. The molecule has 3 aromatic rings. The number of carbonyl (C=O) groups is 2. The number of hydrogen-bond acceptors (Lipinski definition) is 8. The average molecular weight is 456 g/mol. The predicted octanol–water partition coefficient (Wildman–Crippen LogP) is 2.64. The van der Waals surface area contributed by atoms with Crippen molar-refractivity contribution >= 4 is 40.6 Å². The lowest BCUT2D eigenvalue weighted by Crippen LogP contribution is -2.17. The molecule has 0 radical (unpaired) electrons. The van der Waals surface area contributed by atoms with Gasteiger partial charge in [0.25, 0.3) is 5.69 Å². The molecular weight excluding hydrogens is 436 g/mol. The number of nitro benzene ring substituents is 1. The van der Waals surface area contributed by atoms with E-state index in [9.17, 15) is 19.7 Å². The van der Waals surface area contributed by atoms with Crippen LogP contribution in [0.2, 0.25) is 0 Å². The number of nitrogens with zero attached hydrogens (tertiary/aromatic N) is 4. The van der Waals surface area contributed by atoms with Crippen LogP contribution in [0.1, 0.15) is 5.82 Å². The largest absolute Gasteiger partial charge is 0.495 e. The first-order valence-electron chi connectivity index (χ1n) is 9.35. The third-order valence-electron chi connectivity index (χ3n) is 4.32. The van der Waals surface area contributed by atoms with Gasteiger partial charge in [-0.15, -0.1) is 10.2 Å². The van der Waals surface area contributed by atoms with E-state index >= 15 is 0 Å². The maximum absolute atomic E-state index is 12.4. The number of amides is 2. The lowest BCUT2D eigenvalue weighted by molar-refractivity contribution is -0.384. The highest BCUT2D eigenvalue weighted by Crippen LogP contribution is 2.23. The first kappa shape index (κ1) is 22.7. The van der Waals surface area contributed by atoms with Crippen molar-refractivity contribution in [3.8, 4) is 5.75 Å². The Bertz CT molecular complexity index is 1130. The summed E-state index contributed by atoms with van der Waals surface area (Å²) in [6, 6.07) is 12.6. The Hall–Kier alpha value is -3.93. The van der Waals surface area contributed by atoms with Crippen molar-refractivity contribution in [1.82, 2.24) is 14.8 Å². The summed E-state index contributed by atoms with van der Waals surface area (Å²) in [4.78, 5) is 34.7. The Morgan fingerprint density at radius 2 is 1.81 bits per heavy atom. The van der Waals surface area contributed by atoms with Crippen molar-refractivity contribution in [2.75, 3.05) is 23.5 Å². The first-order valence-corrected chi connectivity index (χ1v) is 10.3. The van der Waals surface area contributed by atoms with Crippen molar-refractivity contribution in [1.29, 1.82) is 0 Å². The zero-order valence-electron chi connectivity index (χ0n) is 17.3. The highest BCUT2D eigenvalue weighted by atomic mass is 32.2. The van der Waals surface area contributed by atoms with E-state index in [1.165, 1.54) is 31.4 Å². The van der Waals surface area contributed by atoms with Crippen LogP contribution in [0.4, 0.5) is 17.1 Å². The van der Waals surface area contributed by atoms with Gasteiger partial charge in [-0.25, -0.2) is 0 Å². The van der Waals surface area contributed by atoms with E-state index in [0.717, 1.165) is 11.8 Å². The summed E-state index contributed by atoms with van der Waals surface area (Å²) in [5.41, 5.74) is 0.950. The molecule has 12 heteroatoms. The maximum Gasteiger partial charge on any atom is 0.269 e. The molecule has 2 amide bonds. The molecule has 0 spiro atoms. The second-order valence-corrected chi connectivity index (χ2v) is 7.47. The molecule has 11 nitrogen and oxygen atoms in total. The zero-order chi connectivity index (χ0) is 23.1. The summed E-state index contributed by atoms with van der Waals surface area (Å²) >= 11 is 1.16. The summed E-state index contributed by atoms with van der Waals surface area (Å²) in [6.45, 7) is 0. The van der Waals surface area contributed by atoms with Crippen LogP contribution < -0.4 is 15.4 Å². The predicted molar refractivity (Wildman–Crippen MR) is 119 cm³/mol. The Morgan fingerprint density at radius 1 is 1.09 bits per heavy atom. The molecule has 32 heavy (non-hydrogen) atoms. The van der Waals surface area contributed by atoms with E-state index in [0.29, 0.717) is 28.1 Å². The van der Waals surface area contributed by atoms with E-state index in [1.54, 1.807) is 35.9 Å².